The van der Waals surface area contributed by atoms with Gasteiger partial charge in [-0.05, 0) is 43.4 Å². The maximum Gasteiger partial charge on any atom is 0.335 e. The zero-order valence-electron chi connectivity index (χ0n) is 18.3. The van der Waals surface area contributed by atoms with E-state index < -0.39 is 23.8 Å². The second-order valence-electron chi connectivity index (χ2n) is 7.50. The molecule has 34 heavy (non-hydrogen) atoms. The van der Waals surface area contributed by atoms with Crippen molar-refractivity contribution >= 4 is 73.9 Å². The van der Waals surface area contributed by atoms with Gasteiger partial charge in [-0.2, -0.15) is 0 Å². The Morgan fingerprint density at radius 2 is 2.12 bits per heavy atom. The van der Waals surface area contributed by atoms with Gasteiger partial charge < -0.3 is 36.4 Å². The van der Waals surface area contributed by atoms with Crippen LogP contribution in [0.4, 0.5) is 16.5 Å². The summed E-state index contributed by atoms with van der Waals surface area (Å²) in [5.41, 5.74) is 7.81. The Hall–Kier alpha value is -2.83. The highest BCUT2D eigenvalue weighted by Crippen LogP contribution is 2.43. The molecule has 2 aromatic carbocycles. The van der Waals surface area contributed by atoms with Gasteiger partial charge in [-0.15, -0.1) is 12.4 Å². The molecule has 6 N–H and O–H groups in total. The van der Waals surface area contributed by atoms with Crippen molar-refractivity contribution < 1.29 is 19.4 Å². The van der Waals surface area contributed by atoms with Crippen LogP contribution in [0.25, 0.3) is 10.2 Å². The van der Waals surface area contributed by atoms with Gasteiger partial charge in [0.15, 0.2) is 11.2 Å². The number of carboxylic acids is 1. The molecule has 0 fully saturated rings. The Kier molecular flexibility index (Phi) is 7.74. The molecule has 3 aromatic rings. The first kappa shape index (κ1) is 25.8. The molecule has 2 heterocycles. The Labute approximate surface area is 210 Å². The van der Waals surface area contributed by atoms with E-state index in [4.69, 9.17) is 22.1 Å². The van der Waals surface area contributed by atoms with Crippen molar-refractivity contribution in [2.24, 2.45) is 5.73 Å². The molecule has 1 aliphatic heterocycles. The zero-order valence-corrected chi connectivity index (χ0v) is 20.7. The number of carbonyl (C=O) groups excluding carboxylic acids is 1. The molecule has 13 heteroatoms. The number of carboxylic acid groups (broad SMARTS) is 1. The fourth-order valence-electron chi connectivity index (χ4n) is 3.77. The van der Waals surface area contributed by atoms with E-state index in [0.29, 0.717) is 28.1 Å². The molecule has 0 spiro atoms. The molecule has 0 saturated heterocycles. The van der Waals surface area contributed by atoms with Gasteiger partial charge in [0, 0.05) is 18.6 Å². The van der Waals surface area contributed by atoms with Gasteiger partial charge in [0.2, 0.25) is 5.79 Å². The number of rotatable bonds is 9. The van der Waals surface area contributed by atoms with Crippen LogP contribution in [-0.4, -0.2) is 61.1 Å². The van der Waals surface area contributed by atoms with Crippen LogP contribution < -0.4 is 26.6 Å². The van der Waals surface area contributed by atoms with Gasteiger partial charge in [0.25, 0.3) is 5.91 Å². The number of thiazole rings is 1. The number of aromatic nitrogens is 1. The number of anilines is 3. The number of aromatic carboxylic acids is 1. The lowest BCUT2D eigenvalue weighted by atomic mass is 10.1. The van der Waals surface area contributed by atoms with E-state index in [2.05, 4.69) is 20.9 Å². The minimum absolute atomic E-state index is 0. The molecule has 182 valence electrons. The number of amides is 1. The lowest BCUT2D eigenvalue weighted by Gasteiger charge is -2.42. The van der Waals surface area contributed by atoms with Crippen molar-refractivity contribution in [1.29, 1.82) is 0 Å². The van der Waals surface area contributed by atoms with E-state index in [9.17, 15) is 14.7 Å². The predicted molar refractivity (Wildman–Crippen MR) is 137 cm³/mol. The number of likely N-dealkylation sites (N-methyl/N-ethyl adjacent to an activating group) is 2. The SMILES string of the molecule is CNCCOC(C(N)=O)C1(Nc2nc3ccc(Cl)cc3s2)Nc2cc(C(=O)O)ccc2N1C.Cl. The van der Waals surface area contributed by atoms with Gasteiger partial charge in [0.05, 0.1) is 33.8 Å². The standard InChI is InChI=1S/C21H23ClN6O4S.ClH/c1-24-7-8-32-17(18(23)29)21(27-20-25-13-5-4-12(22)10-16(13)33-20)26-14-9-11(19(30)31)3-6-15(14)28(21)2;/h3-6,9-10,17,24,26H,7-8H2,1-2H3,(H2,23,29)(H,25,27)(H,30,31);1H. The van der Waals surface area contributed by atoms with Crippen molar-refractivity contribution in [3.05, 3.63) is 47.0 Å². The molecule has 0 aliphatic carbocycles. The van der Waals surface area contributed by atoms with Gasteiger partial charge in [-0.3, -0.25) is 4.79 Å². The van der Waals surface area contributed by atoms with E-state index in [1.165, 1.54) is 23.5 Å². The number of nitrogens with one attached hydrogen (secondary N) is 3. The number of primary amides is 1. The van der Waals surface area contributed by atoms with Gasteiger partial charge in [-0.1, -0.05) is 22.9 Å². The van der Waals surface area contributed by atoms with Crippen LogP contribution in [0.3, 0.4) is 0 Å². The quantitative estimate of drug-likeness (QED) is 0.266. The number of halogens is 2. The Balaban J connectivity index is 0.00000324. The molecule has 1 aliphatic rings. The van der Waals surface area contributed by atoms with Crippen LogP contribution in [0, 0.1) is 0 Å². The van der Waals surface area contributed by atoms with Crippen molar-refractivity contribution in [2.75, 3.05) is 42.8 Å². The van der Waals surface area contributed by atoms with Crippen molar-refractivity contribution in [3.8, 4) is 0 Å². The van der Waals surface area contributed by atoms with Gasteiger partial charge in [0.1, 0.15) is 0 Å². The predicted octanol–water partition coefficient (Wildman–Crippen LogP) is 2.79. The molecule has 4 rings (SSSR count). The van der Waals surface area contributed by atoms with E-state index >= 15 is 0 Å². The summed E-state index contributed by atoms with van der Waals surface area (Å²) in [6, 6.07) is 10.0. The summed E-state index contributed by atoms with van der Waals surface area (Å²) >= 11 is 7.47. The molecule has 2 atom stereocenters. The zero-order chi connectivity index (χ0) is 23.8. The minimum Gasteiger partial charge on any atom is -0.478 e. The van der Waals surface area contributed by atoms with Crippen LogP contribution in [0.15, 0.2) is 36.4 Å². The molecule has 2 unspecified atom stereocenters. The number of nitrogens with two attached hydrogens (primary N) is 1. The average molecular weight is 527 g/mol. The monoisotopic (exact) mass is 526 g/mol. The van der Waals surface area contributed by atoms with Gasteiger partial charge in [-0.25, -0.2) is 9.78 Å². The van der Waals surface area contributed by atoms with Crippen molar-refractivity contribution in [3.63, 3.8) is 0 Å². The number of hydrogen-bond acceptors (Lipinski definition) is 9. The fraction of sp³-hybridized carbons (Fsp3) is 0.286. The Bertz CT molecular complexity index is 1230. The smallest absolute Gasteiger partial charge is 0.335 e. The Morgan fingerprint density at radius 3 is 2.79 bits per heavy atom. The summed E-state index contributed by atoms with van der Waals surface area (Å²) in [6.45, 7) is 0.717. The van der Waals surface area contributed by atoms with E-state index in [-0.39, 0.29) is 24.6 Å². The first-order chi connectivity index (χ1) is 15.7. The number of benzene rings is 2. The molecule has 1 amide bonds. The largest absolute Gasteiger partial charge is 0.478 e. The van der Waals surface area contributed by atoms with E-state index in [1.54, 1.807) is 43.3 Å². The number of nitrogens with zero attached hydrogens (tertiary/aromatic N) is 2. The first-order valence-electron chi connectivity index (χ1n) is 10.0. The minimum atomic E-state index is -1.36. The highest BCUT2D eigenvalue weighted by atomic mass is 35.5. The maximum atomic E-state index is 12.6. The number of ether oxygens (including phenoxy) is 1. The third-order valence-corrected chi connectivity index (χ3v) is 6.55. The molecule has 0 radical (unpaired) electrons. The highest BCUT2D eigenvalue weighted by Gasteiger charge is 2.52. The number of carbonyl (C=O) groups is 2. The number of hydrogen-bond donors (Lipinski definition) is 5. The summed E-state index contributed by atoms with van der Waals surface area (Å²) in [5, 5.41) is 20.0. The molecule has 0 bridgehead atoms. The molecule has 10 nitrogen and oxygen atoms in total. The number of fused-ring (bicyclic) bond motifs is 2. The fourth-order valence-corrected chi connectivity index (χ4v) is 4.97. The summed E-state index contributed by atoms with van der Waals surface area (Å²) in [6.07, 6.45) is -1.16. The average Bonchev–Trinajstić information content (AvgIpc) is 3.28. The third kappa shape index (κ3) is 4.70. The lowest BCUT2D eigenvalue weighted by molar-refractivity contribution is -0.132. The van der Waals surface area contributed by atoms with Gasteiger partial charge >= 0.3 is 5.97 Å². The van der Waals surface area contributed by atoms with Crippen LogP contribution in [0.2, 0.25) is 5.02 Å². The summed E-state index contributed by atoms with van der Waals surface area (Å²) in [5.74, 6) is -3.13. The summed E-state index contributed by atoms with van der Waals surface area (Å²) in [7, 11) is 3.53. The third-order valence-electron chi connectivity index (χ3n) is 5.38. The molecular formula is C21H24Cl2N6O4S. The lowest BCUT2D eigenvalue weighted by Crippen LogP contribution is -2.67. The topological polar surface area (TPSA) is 142 Å². The second kappa shape index (κ2) is 10.2. The highest BCUT2D eigenvalue weighted by molar-refractivity contribution is 7.22. The maximum absolute atomic E-state index is 12.6. The molecular weight excluding hydrogens is 503 g/mol. The van der Waals surface area contributed by atoms with Crippen LogP contribution in [0.1, 0.15) is 10.4 Å². The second-order valence-corrected chi connectivity index (χ2v) is 8.97. The summed E-state index contributed by atoms with van der Waals surface area (Å²) in [4.78, 5) is 30.5. The van der Waals surface area contributed by atoms with Crippen LogP contribution in [-0.2, 0) is 9.53 Å². The first-order valence-corrected chi connectivity index (χ1v) is 11.2. The van der Waals surface area contributed by atoms with E-state index in [1.807, 2.05) is 0 Å². The van der Waals surface area contributed by atoms with Crippen LogP contribution >= 0.6 is 35.3 Å². The summed E-state index contributed by atoms with van der Waals surface area (Å²) < 4.78 is 6.77. The molecule has 1 aromatic heterocycles. The van der Waals surface area contributed by atoms with E-state index in [0.717, 1.165) is 10.2 Å². The molecule has 0 saturated carbocycles. The normalized spacial score (nSPS) is 17.6. The van der Waals surface area contributed by atoms with Crippen molar-refractivity contribution in [1.82, 2.24) is 10.3 Å². The Morgan fingerprint density at radius 1 is 1.35 bits per heavy atom. The van der Waals surface area contributed by atoms with Crippen molar-refractivity contribution in [2.45, 2.75) is 11.9 Å². The van der Waals surface area contributed by atoms with Crippen LogP contribution in [0.5, 0.6) is 0 Å².